The summed E-state index contributed by atoms with van der Waals surface area (Å²) >= 11 is 0. The lowest BCUT2D eigenvalue weighted by Gasteiger charge is -2.36. The van der Waals surface area contributed by atoms with E-state index < -0.39 is 17.4 Å². The highest BCUT2D eigenvalue weighted by Gasteiger charge is 2.53. The van der Waals surface area contributed by atoms with Crippen molar-refractivity contribution in [3.8, 4) is 5.75 Å². The second-order valence-electron chi connectivity index (χ2n) is 9.13. The van der Waals surface area contributed by atoms with Gasteiger partial charge in [-0.15, -0.1) is 0 Å². The average Bonchev–Trinajstić information content (AvgIpc) is 3.13. The Morgan fingerprint density at radius 3 is 2.76 bits per heavy atom. The minimum Gasteiger partial charge on any atom is -0.489 e. The number of fused-ring (bicyclic) bond motifs is 2. The molecule has 0 bridgehead atoms. The van der Waals surface area contributed by atoms with Gasteiger partial charge in [0.05, 0.1) is 10.9 Å². The van der Waals surface area contributed by atoms with Crippen molar-refractivity contribution in [2.24, 2.45) is 0 Å². The molecular weight excluding hydrogens is 418 g/mol. The van der Waals surface area contributed by atoms with Crippen LogP contribution in [0.2, 0.25) is 0 Å². The first kappa shape index (κ1) is 21.4. The predicted molar refractivity (Wildman–Crippen MR) is 123 cm³/mol. The van der Waals surface area contributed by atoms with Crippen LogP contribution in [0.5, 0.6) is 5.75 Å². The predicted octanol–water partition coefficient (Wildman–Crippen LogP) is 3.73. The molecule has 0 saturated carbocycles. The van der Waals surface area contributed by atoms with E-state index in [1.807, 2.05) is 61.5 Å². The molecule has 2 N–H and O–H groups in total. The number of hydroxylamine groups is 1. The van der Waals surface area contributed by atoms with Gasteiger partial charge in [0.25, 0.3) is 5.91 Å². The van der Waals surface area contributed by atoms with Crippen LogP contribution in [0.3, 0.4) is 0 Å². The van der Waals surface area contributed by atoms with Crippen LogP contribution in [0.4, 0.5) is 0 Å². The number of hydrogen-bond donors (Lipinski definition) is 2. The molecule has 2 saturated heterocycles. The third-order valence-electron chi connectivity index (χ3n) is 7.13. The summed E-state index contributed by atoms with van der Waals surface area (Å²) in [5.74, 6) is 0.159. The Morgan fingerprint density at radius 2 is 1.97 bits per heavy atom. The zero-order valence-electron chi connectivity index (χ0n) is 18.5. The third-order valence-corrected chi connectivity index (χ3v) is 7.13. The molecule has 0 radical (unpaired) electrons. The van der Waals surface area contributed by atoms with E-state index in [0.29, 0.717) is 19.4 Å². The van der Waals surface area contributed by atoms with E-state index in [-0.39, 0.29) is 11.9 Å². The van der Waals surface area contributed by atoms with Gasteiger partial charge in [-0.2, -0.15) is 0 Å². The van der Waals surface area contributed by atoms with Gasteiger partial charge in [0.15, 0.2) is 0 Å². The first-order chi connectivity index (χ1) is 16.0. The van der Waals surface area contributed by atoms with Crippen molar-refractivity contribution in [1.82, 2.24) is 15.4 Å². The highest BCUT2D eigenvalue weighted by molar-refractivity contribution is 5.95. The number of nitrogens with zero attached hydrogens (tertiary/aromatic N) is 2. The van der Waals surface area contributed by atoms with Gasteiger partial charge >= 0.3 is 0 Å². The Hall–Kier alpha value is -3.45. The molecule has 2 fully saturated rings. The highest BCUT2D eigenvalue weighted by atomic mass is 16.5. The fraction of sp³-hybridized carbons (Fsp3) is 0.346. The monoisotopic (exact) mass is 445 g/mol. The van der Waals surface area contributed by atoms with Gasteiger partial charge in [-0.1, -0.05) is 30.3 Å². The molecule has 7 heteroatoms. The molecular formula is C26H27N3O4. The van der Waals surface area contributed by atoms with E-state index in [2.05, 4.69) is 4.98 Å². The van der Waals surface area contributed by atoms with Crippen molar-refractivity contribution >= 4 is 22.7 Å². The van der Waals surface area contributed by atoms with Crippen molar-refractivity contribution in [2.45, 2.75) is 56.7 Å². The number of hydrogen-bond acceptors (Lipinski definition) is 5. The molecule has 0 aliphatic carbocycles. The molecule has 2 aliphatic heterocycles. The normalized spacial score (nSPS) is 24.5. The SMILES string of the molecule is CC1(c2ccc(OCc3ccnc4ccccc34)cc2)C[C@H]2CCCC(C(=O)NO)N2C1=O. The second kappa shape index (κ2) is 8.48. The molecule has 7 nitrogen and oxygen atoms in total. The van der Waals surface area contributed by atoms with Gasteiger partial charge in [0.2, 0.25) is 5.91 Å². The topological polar surface area (TPSA) is 91.8 Å². The molecule has 33 heavy (non-hydrogen) atoms. The van der Waals surface area contributed by atoms with E-state index in [9.17, 15) is 9.59 Å². The molecule has 2 unspecified atom stereocenters. The van der Waals surface area contributed by atoms with Crippen LogP contribution >= 0.6 is 0 Å². The van der Waals surface area contributed by atoms with Crippen molar-refractivity contribution in [2.75, 3.05) is 0 Å². The van der Waals surface area contributed by atoms with Crippen LogP contribution in [0.15, 0.2) is 60.8 Å². The molecule has 2 amide bonds. The zero-order chi connectivity index (χ0) is 23.0. The van der Waals surface area contributed by atoms with E-state index in [1.54, 1.807) is 16.6 Å². The van der Waals surface area contributed by atoms with Crippen LogP contribution in [-0.2, 0) is 21.6 Å². The lowest BCUT2D eigenvalue weighted by atomic mass is 9.79. The van der Waals surface area contributed by atoms with Crippen molar-refractivity contribution in [1.29, 1.82) is 0 Å². The summed E-state index contributed by atoms with van der Waals surface area (Å²) in [6, 6.07) is 17.0. The Kier molecular flexibility index (Phi) is 5.50. The Labute approximate surface area is 192 Å². The fourth-order valence-corrected chi connectivity index (χ4v) is 5.37. The van der Waals surface area contributed by atoms with Gasteiger partial charge in [-0.3, -0.25) is 19.8 Å². The Balaban J connectivity index is 1.33. The maximum Gasteiger partial charge on any atom is 0.266 e. The van der Waals surface area contributed by atoms with Gasteiger partial charge in [0.1, 0.15) is 18.4 Å². The van der Waals surface area contributed by atoms with Crippen molar-refractivity contribution < 1.29 is 19.5 Å². The van der Waals surface area contributed by atoms with E-state index in [1.165, 1.54) is 0 Å². The van der Waals surface area contributed by atoms with E-state index in [0.717, 1.165) is 40.6 Å². The smallest absolute Gasteiger partial charge is 0.266 e. The standard InChI is InChI=1S/C26H27N3O4/c1-26(15-19-5-4-8-23(24(30)28-32)29(19)25(26)31)18-9-11-20(12-10-18)33-16-17-13-14-27-22-7-3-2-6-21(17)22/h2-3,6-7,9-14,19,23,32H,4-5,8,15-16H2,1H3,(H,28,30)/t19-,23?,26?/m1/s1. The largest absolute Gasteiger partial charge is 0.489 e. The lowest BCUT2D eigenvalue weighted by molar-refractivity contribution is -0.147. The van der Waals surface area contributed by atoms with Gasteiger partial charge in [-0.05, 0) is 62.4 Å². The molecule has 3 atom stereocenters. The van der Waals surface area contributed by atoms with Crippen LogP contribution in [0.1, 0.15) is 43.7 Å². The number of ether oxygens (including phenoxy) is 1. The summed E-state index contributed by atoms with van der Waals surface area (Å²) in [5.41, 5.74) is 3.93. The Morgan fingerprint density at radius 1 is 1.18 bits per heavy atom. The quantitative estimate of drug-likeness (QED) is 0.461. The molecule has 2 aromatic carbocycles. The summed E-state index contributed by atoms with van der Waals surface area (Å²) < 4.78 is 6.03. The summed E-state index contributed by atoms with van der Waals surface area (Å²) in [4.78, 5) is 31.7. The van der Waals surface area contributed by atoms with Crippen molar-refractivity contribution in [3.63, 3.8) is 0 Å². The number of carbonyl (C=O) groups is 2. The van der Waals surface area contributed by atoms with Crippen LogP contribution in [0, 0.1) is 0 Å². The molecule has 5 rings (SSSR count). The van der Waals surface area contributed by atoms with Crippen LogP contribution < -0.4 is 10.2 Å². The summed E-state index contributed by atoms with van der Waals surface area (Å²) in [6.07, 6.45) is 4.75. The molecule has 0 spiro atoms. The number of pyridine rings is 1. The van der Waals surface area contributed by atoms with Crippen molar-refractivity contribution in [3.05, 3.63) is 71.9 Å². The van der Waals surface area contributed by atoms with Gasteiger partial charge < -0.3 is 9.64 Å². The van der Waals surface area contributed by atoms with E-state index >= 15 is 0 Å². The minimum absolute atomic E-state index is 0.00875. The molecule has 1 aromatic heterocycles. The fourth-order valence-electron chi connectivity index (χ4n) is 5.37. The lowest BCUT2D eigenvalue weighted by Crippen LogP contribution is -2.53. The zero-order valence-corrected chi connectivity index (χ0v) is 18.5. The number of para-hydroxylation sites is 1. The molecule has 3 aromatic rings. The van der Waals surface area contributed by atoms with E-state index in [4.69, 9.17) is 9.94 Å². The summed E-state index contributed by atoms with van der Waals surface area (Å²) in [5, 5.41) is 10.2. The molecule has 2 aliphatic rings. The summed E-state index contributed by atoms with van der Waals surface area (Å²) in [7, 11) is 0. The first-order valence-electron chi connectivity index (χ1n) is 11.3. The number of benzene rings is 2. The highest BCUT2D eigenvalue weighted by Crippen LogP contribution is 2.44. The number of amides is 2. The number of aromatic nitrogens is 1. The number of piperidine rings is 1. The number of carbonyl (C=O) groups excluding carboxylic acids is 2. The van der Waals surface area contributed by atoms with Crippen LogP contribution in [0.25, 0.3) is 10.9 Å². The molecule has 170 valence electrons. The molecule has 3 heterocycles. The third kappa shape index (κ3) is 3.72. The Bertz CT molecular complexity index is 1190. The number of rotatable bonds is 5. The van der Waals surface area contributed by atoms with Gasteiger partial charge in [0, 0.05) is 23.2 Å². The second-order valence-corrected chi connectivity index (χ2v) is 9.13. The maximum atomic E-state index is 13.4. The average molecular weight is 446 g/mol. The minimum atomic E-state index is -0.706. The van der Waals surface area contributed by atoms with Gasteiger partial charge in [-0.25, -0.2) is 5.48 Å². The first-order valence-corrected chi connectivity index (χ1v) is 11.3. The maximum absolute atomic E-state index is 13.4. The summed E-state index contributed by atoms with van der Waals surface area (Å²) in [6.45, 7) is 2.37. The number of nitrogens with one attached hydrogen (secondary N) is 1. The van der Waals surface area contributed by atoms with Crippen LogP contribution in [-0.4, -0.2) is 39.0 Å².